The zero-order valence-electron chi connectivity index (χ0n) is 12.3. The van der Waals surface area contributed by atoms with Gasteiger partial charge in [-0.2, -0.15) is 0 Å². The number of aliphatic hydroxyl groups is 1. The van der Waals surface area contributed by atoms with E-state index in [1.165, 1.54) is 12.1 Å². The summed E-state index contributed by atoms with van der Waals surface area (Å²) in [6, 6.07) is 4.46. The number of hydrogen-bond donors (Lipinski definition) is 2. The number of halogens is 1. The standard InChI is InChI=1S/C15H21ClN2O3/c1-14(2)5-6-15(9-17,13(14)19)8-10-3-4-11(18(20)21)7-12(10)16/h3-4,7,13,19H,5-6,8-9,17H2,1-2H3. The van der Waals surface area contributed by atoms with Gasteiger partial charge in [0.1, 0.15) is 0 Å². The van der Waals surface area contributed by atoms with Crippen molar-refractivity contribution < 1.29 is 10.0 Å². The lowest BCUT2D eigenvalue weighted by Gasteiger charge is -2.36. The minimum Gasteiger partial charge on any atom is -0.392 e. The summed E-state index contributed by atoms with van der Waals surface area (Å²) in [4.78, 5) is 10.3. The van der Waals surface area contributed by atoms with E-state index in [1.54, 1.807) is 6.07 Å². The van der Waals surface area contributed by atoms with Crippen LogP contribution in [0.3, 0.4) is 0 Å². The highest BCUT2D eigenvalue weighted by Crippen LogP contribution is 2.50. The Balaban J connectivity index is 2.30. The molecule has 21 heavy (non-hydrogen) atoms. The summed E-state index contributed by atoms with van der Waals surface area (Å²) in [5.41, 5.74) is 6.12. The van der Waals surface area contributed by atoms with Gasteiger partial charge in [0, 0.05) is 24.1 Å². The Morgan fingerprint density at radius 2 is 2.14 bits per heavy atom. The molecule has 2 unspecified atom stereocenters. The Labute approximate surface area is 129 Å². The Bertz CT molecular complexity index is 562. The molecule has 0 amide bonds. The lowest BCUT2D eigenvalue weighted by atomic mass is 9.74. The summed E-state index contributed by atoms with van der Waals surface area (Å²) in [5, 5.41) is 21.7. The fourth-order valence-corrected chi connectivity index (χ4v) is 3.56. The first-order valence-corrected chi connectivity index (χ1v) is 7.41. The average molecular weight is 313 g/mol. The van der Waals surface area contributed by atoms with Gasteiger partial charge in [0.25, 0.3) is 5.69 Å². The summed E-state index contributed by atoms with van der Waals surface area (Å²) in [6.07, 6.45) is 1.74. The summed E-state index contributed by atoms with van der Waals surface area (Å²) < 4.78 is 0. The van der Waals surface area contributed by atoms with Crippen LogP contribution in [0, 0.1) is 20.9 Å². The van der Waals surface area contributed by atoms with Crippen molar-refractivity contribution in [1.82, 2.24) is 0 Å². The zero-order chi connectivity index (χ0) is 15.8. The largest absolute Gasteiger partial charge is 0.392 e. The van der Waals surface area contributed by atoms with Crippen molar-refractivity contribution in [3.8, 4) is 0 Å². The van der Waals surface area contributed by atoms with Crippen molar-refractivity contribution in [3.63, 3.8) is 0 Å². The van der Waals surface area contributed by atoms with E-state index in [0.717, 1.165) is 18.4 Å². The van der Waals surface area contributed by atoms with E-state index in [0.29, 0.717) is 18.0 Å². The van der Waals surface area contributed by atoms with E-state index < -0.39 is 16.4 Å². The minimum atomic E-state index is -0.513. The van der Waals surface area contributed by atoms with Gasteiger partial charge in [-0.1, -0.05) is 31.5 Å². The molecule has 0 bridgehead atoms. The summed E-state index contributed by atoms with van der Waals surface area (Å²) in [7, 11) is 0. The van der Waals surface area contributed by atoms with Crippen molar-refractivity contribution in [3.05, 3.63) is 38.9 Å². The maximum absolute atomic E-state index is 10.8. The molecule has 0 spiro atoms. The Morgan fingerprint density at radius 3 is 2.57 bits per heavy atom. The smallest absolute Gasteiger partial charge is 0.270 e. The van der Waals surface area contributed by atoms with Gasteiger partial charge in [-0.25, -0.2) is 0 Å². The lowest BCUT2D eigenvalue weighted by molar-refractivity contribution is -0.384. The normalized spacial score (nSPS) is 27.8. The number of aliphatic hydroxyl groups excluding tert-OH is 1. The molecule has 1 saturated carbocycles. The van der Waals surface area contributed by atoms with Crippen molar-refractivity contribution >= 4 is 17.3 Å². The van der Waals surface area contributed by atoms with Crippen LogP contribution in [0.1, 0.15) is 32.3 Å². The first-order chi connectivity index (χ1) is 9.72. The highest BCUT2D eigenvalue weighted by Gasteiger charge is 2.51. The predicted molar refractivity (Wildman–Crippen MR) is 82.3 cm³/mol. The van der Waals surface area contributed by atoms with Crippen LogP contribution in [0.25, 0.3) is 0 Å². The summed E-state index contributed by atoms with van der Waals surface area (Å²) in [5.74, 6) is 0. The molecular formula is C15H21ClN2O3. The van der Waals surface area contributed by atoms with Gasteiger partial charge in [-0.05, 0) is 30.2 Å². The average Bonchev–Trinajstić information content (AvgIpc) is 2.65. The Morgan fingerprint density at radius 1 is 1.48 bits per heavy atom. The highest BCUT2D eigenvalue weighted by molar-refractivity contribution is 6.31. The SMILES string of the molecule is CC1(C)CCC(CN)(Cc2ccc([N+](=O)[O-])cc2Cl)C1O. The third-order valence-electron chi connectivity index (χ3n) is 4.78. The van der Waals surface area contributed by atoms with Gasteiger partial charge in [0.15, 0.2) is 0 Å². The van der Waals surface area contributed by atoms with E-state index in [9.17, 15) is 15.2 Å². The van der Waals surface area contributed by atoms with Crippen molar-refractivity contribution in [2.75, 3.05) is 6.54 Å². The number of non-ortho nitro benzene ring substituents is 1. The number of hydrogen-bond acceptors (Lipinski definition) is 4. The topological polar surface area (TPSA) is 89.4 Å². The van der Waals surface area contributed by atoms with Crippen LogP contribution in [0.2, 0.25) is 5.02 Å². The number of nitrogens with zero attached hydrogens (tertiary/aromatic N) is 1. The molecule has 0 aromatic heterocycles. The first kappa shape index (κ1) is 16.2. The van der Waals surface area contributed by atoms with Crippen LogP contribution in [0.4, 0.5) is 5.69 Å². The monoisotopic (exact) mass is 312 g/mol. The molecule has 116 valence electrons. The maximum Gasteiger partial charge on any atom is 0.270 e. The highest BCUT2D eigenvalue weighted by atomic mass is 35.5. The molecule has 0 aliphatic heterocycles. The number of nitrogens with two attached hydrogens (primary N) is 1. The van der Waals surface area contributed by atoms with Crippen molar-refractivity contribution in [2.45, 2.75) is 39.2 Å². The zero-order valence-corrected chi connectivity index (χ0v) is 13.1. The van der Waals surface area contributed by atoms with Crippen LogP contribution in [-0.4, -0.2) is 22.7 Å². The van der Waals surface area contributed by atoms with Gasteiger partial charge >= 0.3 is 0 Å². The first-order valence-electron chi connectivity index (χ1n) is 7.03. The molecule has 2 rings (SSSR count). The van der Waals surface area contributed by atoms with E-state index >= 15 is 0 Å². The molecule has 0 radical (unpaired) electrons. The second-order valence-electron chi connectivity index (χ2n) is 6.67. The van der Waals surface area contributed by atoms with E-state index in [2.05, 4.69) is 0 Å². The predicted octanol–water partition coefficient (Wildman–Crippen LogP) is 2.92. The van der Waals surface area contributed by atoms with E-state index in [-0.39, 0.29) is 11.1 Å². The van der Waals surface area contributed by atoms with Crippen molar-refractivity contribution in [1.29, 1.82) is 0 Å². The number of benzene rings is 1. The van der Waals surface area contributed by atoms with Gasteiger partial charge in [-0.15, -0.1) is 0 Å². The fraction of sp³-hybridized carbons (Fsp3) is 0.600. The molecule has 0 heterocycles. The molecule has 1 fully saturated rings. The third-order valence-corrected chi connectivity index (χ3v) is 5.14. The molecule has 0 saturated heterocycles. The molecule has 3 N–H and O–H groups in total. The van der Waals surface area contributed by atoms with Crippen LogP contribution < -0.4 is 5.73 Å². The molecule has 6 heteroatoms. The van der Waals surface area contributed by atoms with E-state index in [1.807, 2.05) is 13.8 Å². The molecule has 1 aromatic carbocycles. The summed E-state index contributed by atoms with van der Waals surface area (Å²) in [6.45, 7) is 4.43. The van der Waals surface area contributed by atoms with Crippen LogP contribution in [0.5, 0.6) is 0 Å². The molecule has 5 nitrogen and oxygen atoms in total. The van der Waals surface area contributed by atoms with Gasteiger partial charge in [-0.3, -0.25) is 10.1 Å². The second kappa shape index (κ2) is 5.55. The van der Waals surface area contributed by atoms with E-state index in [4.69, 9.17) is 17.3 Å². The maximum atomic E-state index is 10.8. The van der Waals surface area contributed by atoms with Gasteiger partial charge < -0.3 is 10.8 Å². The molecule has 2 atom stereocenters. The molecule has 1 aliphatic rings. The Hall–Kier alpha value is -1.17. The van der Waals surface area contributed by atoms with Gasteiger partial charge in [0.2, 0.25) is 0 Å². The molecule has 1 aromatic rings. The fourth-order valence-electron chi connectivity index (χ4n) is 3.32. The van der Waals surface area contributed by atoms with Crippen LogP contribution in [0.15, 0.2) is 18.2 Å². The molecular weight excluding hydrogens is 292 g/mol. The minimum absolute atomic E-state index is 0.0298. The van der Waals surface area contributed by atoms with Crippen molar-refractivity contribution in [2.24, 2.45) is 16.6 Å². The second-order valence-corrected chi connectivity index (χ2v) is 7.07. The number of nitro benzene ring substituents is 1. The summed E-state index contributed by atoms with van der Waals surface area (Å²) >= 11 is 6.16. The Kier molecular flexibility index (Phi) is 4.29. The third kappa shape index (κ3) is 2.91. The van der Waals surface area contributed by atoms with Crippen LogP contribution in [-0.2, 0) is 6.42 Å². The number of nitro groups is 1. The molecule has 1 aliphatic carbocycles. The van der Waals surface area contributed by atoms with Gasteiger partial charge in [0.05, 0.1) is 16.0 Å². The van der Waals surface area contributed by atoms with Crippen LogP contribution >= 0.6 is 11.6 Å². The quantitative estimate of drug-likeness (QED) is 0.660. The number of rotatable bonds is 4. The lowest BCUT2D eigenvalue weighted by Crippen LogP contribution is -2.44.